The Hall–Kier alpha value is -3.40. The van der Waals surface area contributed by atoms with Crippen molar-refractivity contribution in [1.29, 1.82) is 0 Å². The second kappa shape index (κ2) is 7.83. The largest absolute Gasteiger partial charge is 0.394 e. The van der Waals surface area contributed by atoms with Crippen LogP contribution in [0.2, 0.25) is 0 Å². The van der Waals surface area contributed by atoms with Gasteiger partial charge in [0.15, 0.2) is 5.84 Å². The van der Waals surface area contributed by atoms with E-state index in [1.165, 1.54) is 10.5 Å². The van der Waals surface area contributed by atoms with Gasteiger partial charge in [0.05, 0.1) is 5.92 Å². The fourth-order valence-corrected chi connectivity index (χ4v) is 6.85. The number of nitrogen functional groups attached to an aromatic ring is 1. The molecule has 2 atom stereocenters. The number of thioether (sulfide) groups is 1. The standard InChI is InChI=1S/C24H23N5O4S/c25-17-18(20(31)19(17)30)29-7-6-12-5-4-11(8-13(12)10-29)9-26-23(33)21-27-22(32)16-14-2-1-3-15(14)34-24(16)28-21/h4-5,8,16,24H,1-3,6-7,9-10,25H2,(H,26,33)(H,27,28,32). The summed E-state index contributed by atoms with van der Waals surface area (Å²) in [5.41, 5.74) is 9.22. The zero-order valence-electron chi connectivity index (χ0n) is 18.3. The molecule has 2 aromatic rings. The molecule has 0 fully saturated rings. The van der Waals surface area contributed by atoms with Crippen molar-refractivity contribution in [1.82, 2.24) is 10.6 Å². The summed E-state index contributed by atoms with van der Waals surface area (Å²) in [7, 11) is 0. The molecule has 0 saturated carbocycles. The van der Waals surface area contributed by atoms with Gasteiger partial charge < -0.3 is 21.3 Å². The Morgan fingerprint density at radius 2 is 2.03 bits per heavy atom. The lowest BCUT2D eigenvalue weighted by Crippen LogP contribution is -2.50. The van der Waals surface area contributed by atoms with Gasteiger partial charge in [-0.3, -0.25) is 19.2 Å². The highest BCUT2D eigenvalue weighted by atomic mass is 32.2. The first-order valence-corrected chi connectivity index (χ1v) is 12.3. The Morgan fingerprint density at radius 1 is 1.18 bits per heavy atom. The molecule has 9 nitrogen and oxygen atoms in total. The number of nitrogens with one attached hydrogen (secondary N) is 2. The summed E-state index contributed by atoms with van der Waals surface area (Å²) in [6, 6.07) is 5.97. The van der Waals surface area contributed by atoms with E-state index >= 15 is 0 Å². The second-order valence-corrected chi connectivity index (χ2v) is 10.3. The number of nitrogens with two attached hydrogens (primary N) is 1. The van der Waals surface area contributed by atoms with E-state index < -0.39 is 16.8 Å². The van der Waals surface area contributed by atoms with Gasteiger partial charge in [0.2, 0.25) is 5.91 Å². The molecule has 174 valence electrons. The molecule has 2 aromatic carbocycles. The molecule has 2 amide bonds. The van der Waals surface area contributed by atoms with Crippen LogP contribution in [0.3, 0.4) is 0 Å². The number of benzene rings is 1. The van der Waals surface area contributed by atoms with Crippen LogP contribution in [-0.4, -0.2) is 29.6 Å². The quantitative estimate of drug-likeness (QED) is 0.552. The molecular formula is C24H23N5O4S. The maximum atomic E-state index is 12.8. The molecule has 0 spiro atoms. The number of amides is 2. The Kier molecular flexibility index (Phi) is 4.87. The zero-order valence-corrected chi connectivity index (χ0v) is 19.2. The average molecular weight is 478 g/mol. The zero-order chi connectivity index (χ0) is 23.6. The van der Waals surface area contributed by atoms with E-state index in [4.69, 9.17) is 5.73 Å². The van der Waals surface area contributed by atoms with E-state index in [1.54, 1.807) is 11.8 Å². The van der Waals surface area contributed by atoms with E-state index in [1.807, 2.05) is 23.1 Å². The molecule has 4 aliphatic rings. The Morgan fingerprint density at radius 3 is 2.85 bits per heavy atom. The molecular weight excluding hydrogens is 454 g/mol. The summed E-state index contributed by atoms with van der Waals surface area (Å²) in [5, 5.41) is 5.31. The van der Waals surface area contributed by atoms with Crippen LogP contribution in [-0.2, 0) is 29.1 Å². The number of anilines is 2. The monoisotopic (exact) mass is 477 g/mol. The van der Waals surface area contributed by atoms with Crippen molar-refractivity contribution < 1.29 is 9.59 Å². The van der Waals surface area contributed by atoms with E-state index in [9.17, 15) is 19.2 Å². The van der Waals surface area contributed by atoms with Crippen molar-refractivity contribution in [2.45, 2.75) is 44.1 Å². The number of nitrogens with zero attached hydrogens (tertiary/aromatic N) is 2. The molecule has 1 aliphatic carbocycles. The minimum Gasteiger partial charge on any atom is -0.394 e. The van der Waals surface area contributed by atoms with Crippen LogP contribution in [0.1, 0.15) is 36.0 Å². The van der Waals surface area contributed by atoms with Crippen LogP contribution in [0.25, 0.3) is 0 Å². The van der Waals surface area contributed by atoms with Crippen LogP contribution in [0, 0.1) is 5.92 Å². The summed E-state index contributed by atoms with van der Waals surface area (Å²) in [6.07, 6.45) is 3.77. The first-order valence-electron chi connectivity index (χ1n) is 11.4. The third kappa shape index (κ3) is 3.27. The Bertz CT molecular complexity index is 1390. The van der Waals surface area contributed by atoms with Gasteiger partial charge in [-0.15, -0.1) is 11.8 Å². The minimum absolute atomic E-state index is 0.0373. The van der Waals surface area contributed by atoms with Crippen LogP contribution in [0.5, 0.6) is 0 Å². The maximum Gasteiger partial charge on any atom is 0.287 e. The predicted molar refractivity (Wildman–Crippen MR) is 130 cm³/mol. The molecule has 4 N–H and O–H groups in total. The first kappa shape index (κ1) is 21.2. The molecule has 34 heavy (non-hydrogen) atoms. The van der Waals surface area contributed by atoms with E-state index in [2.05, 4.69) is 15.6 Å². The topological polar surface area (TPSA) is 134 Å². The molecule has 0 radical (unpaired) electrons. The van der Waals surface area contributed by atoms with Gasteiger partial charge in [0.1, 0.15) is 16.7 Å². The van der Waals surface area contributed by atoms with E-state index in [0.29, 0.717) is 18.8 Å². The van der Waals surface area contributed by atoms with Gasteiger partial charge in [-0.1, -0.05) is 18.2 Å². The Balaban J connectivity index is 1.12. The molecule has 10 heteroatoms. The number of fused-ring (bicyclic) bond motifs is 3. The molecule has 2 unspecified atom stereocenters. The first-order chi connectivity index (χ1) is 16.4. The summed E-state index contributed by atoms with van der Waals surface area (Å²) in [5.74, 6) is -0.726. The van der Waals surface area contributed by atoms with Crippen molar-refractivity contribution in [3.05, 3.63) is 65.8 Å². The van der Waals surface area contributed by atoms with Gasteiger partial charge in [-0.2, -0.15) is 0 Å². The molecule has 3 heterocycles. The van der Waals surface area contributed by atoms with Crippen molar-refractivity contribution in [3.8, 4) is 0 Å². The van der Waals surface area contributed by atoms with Crippen LogP contribution in [0.15, 0.2) is 43.3 Å². The molecule has 0 bridgehead atoms. The molecule has 6 rings (SSSR count). The average Bonchev–Trinajstić information content (AvgIpc) is 3.43. The summed E-state index contributed by atoms with van der Waals surface area (Å²) < 4.78 is 0. The highest BCUT2D eigenvalue weighted by Gasteiger charge is 2.45. The minimum atomic E-state index is -0.613. The molecule has 3 aliphatic heterocycles. The fourth-order valence-electron chi connectivity index (χ4n) is 5.34. The second-order valence-electron chi connectivity index (χ2n) is 9.13. The van der Waals surface area contributed by atoms with E-state index in [0.717, 1.165) is 42.4 Å². The smallest absolute Gasteiger partial charge is 0.287 e. The summed E-state index contributed by atoms with van der Waals surface area (Å²) in [6.45, 7) is 1.38. The number of amidine groups is 1. The third-order valence-corrected chi connectivity index (χ3v) is 8.47. The van der Waals surface area contributed by atoms with Crippen LogP contribution in [0.4, 0.5) is 11.4 Å². The normalized spacial score (nSPS) is 23.4. The van der Waals surface area contributed by atoms with Crippen molar-refractivity contribution in [3.63, 3.8) is 0 Å². The lowest BCUT2D eigenvalue weighted by atomic mass is 9.96. The lowest BCUT2D eigenvalue weighted by Gasteiger charge is -2.32. The van der Waals surface area contributed by atoms with Crippen LogP contribution < -0.4 is 32.1 Å². The number of hydrogen-bond acceptors (Lipinski definition) is 8. The van der Waals surface area contributed by atoms with Crippen molar-refractivity contribution >= 4 is 40.8 Å². The van der Waals surface area contributed by atoms with Gasteiger partial charge in [-0.05, 0) is 52.9 Å². The lowest BCUT2D eigenvalue weighted by molar-refractivity contribution is -0.124. The SMILES string of the molecule is Nc1c(N2CCc3ccc(CNC(=O)C4=NC5SC6=C(CCC6)C5C(=O)N4)cc3C2)c(=O)c1=O. The summed E-state index contributed by atoms with van der Waals surface area (Å²) >= 11 is 1.62. The van der Waals surface area contributed by atoms with Gasteiger partial charge in [0.25, 0.3) is 16.8 Å². The Labute approximate surface area is 199 Å². The molecule has 0 aromatic heterocycles. The number of carbonyl (C=O) groups excluding carboxylic acids is 2. The molecule has 0 saturated heterocycles. The van der Waals surface area contributed by atoms with Crippen LogP contribution >= 0.6 is 11.8 Å². The highest BCUT2D eigenvalue weighted by Crippen LogP contribution is 2.51. The predicted octanol–water partition coefficient (Wildman–Crippen LogP) is 0.699. The van der Waals surface area contributed by atoms with Crippen molar-refractivity contribution in [2.24, 2.45) is 10.9 Å². The number of aliphatic imine (C=N–C) groups is 1. The van der Waals surface area contributed by atoms with Gasteiger partial charge in [0, 0.05) is 19.6 Å². The van der Waals surface area contributed by atoms with Crippen molar-refractivity contribution in [2.75, 3.05) is 17.2 Å². The highest BCUT2D eigenvalue weighted by molar-refractivity contribution is 8.04. The number of rotatable bonds is 4. The maximum absolute atomic E-state index is 12.8. The number of hydrogen-bond donors (Lipinski definition) is 3. The summed E-state index contributed by atoms with van der Waals surface area (Å²) in [4.78, 5) is 56.5. The number of carbonyl (C=O) groups is 2. The van der Waals surface area contributed by atoms with Gasteiger partial charge in [-0.25, -0.2) is 4.99 Å². The fraction of sp³-hybridized carbons (Fsp3) is 0.375. The number of allylic oxidation sites excluding steroid dienone is 1. The third-order valence-electron chi connectivity index (χ3n) is 7.10. The van der Waals surface area contributed by atoms with E-state index in [-0.39, 0.29) is 35.3 Å². The van der Waals surface area contributed by atoms with Gasteiger partial charge >= 0.3 is 0 Å².